The molecule has 0 spiro atoms. The number of nitrogens with zero attached hydrogens (tertiary/aromatic N) is 7. The minimum atomic E-state index is -0.564. The molecule has 1 aliphatic heterocycles. The van der Waals surface area contributed by atoms with Crippen LogP contribution < -0.4 is 10.7 Å². The summed E-state index contributed by atoms with van der Waals surface area (Å²) in [5.41, 5.74) is 3.78. The van der Waals surface area contributed by atoms with Crippen molar-refractivity contribution in [1.82, 2.24) is 23.8 Å². The smallest absolute Gasteiger partial charge is 0.408 e. The van der Waals surface area contributed by atoms with Crippen molar-refractivity contribution in [2.75, 3.05) is 32.1 Å². The summed E-state index contributed by atoms with van der Waals surface area (Å²) in [6, 6.07) is 12.6. The lowest BCUT2D eigenvalue weighted by Gasteiger charge is -2.36. The number of imidazole rings is 1. The number of nitriles is 1. The van der Waals surface area contributed by atoms with E-state index in [1.807, 2.05) is 16.5 Å². The van der Waals surface area contributed by atoms with Crippen LogP contribution in [0.5, 0.6) is 0 Å². The number of rotatable bonds is 4. The molecule has 4 heterocycles. The molecule has 0 radical (unpaired) electrons. The second-order valence-electron chi connectivity index (χ2n) is 9.85. The van der Waals surface area contributed by atoms with Gasteiger partial charge in [-0.25, -0.2) is 19.2 Å². The molecule has 5 aromatic rings. The molecule has 0 unspecified atom stereocenters. The number of anilines is 1. The SMILES string of the molecule is CN(C)C1CCN(c2nc(-c3ccc(C#N)cc3)c(-c3cc4oc(=O)n(C)c4cc3F)n3ccnc23)CC1. The van der Waals surface area contributed by atoms with Gasteiger partial charge in [-0.3, -0.25) is 8.97 Å². The quantitative estimate of drug-likeness (QED) is 0.359. The van der Waals surface area contributed by atoms with Crippen molar-refractivity contribution in [3.63, 3.8) is 0 Å². The van der Waals surface area contributed by atoms with Gasteiger partial charge in [-0.2, -0.15) is 5.26 Å². The summed E-state index contributed by atoms with van der Waals surface area (Å²) in [6.07, 6.45) is 5.46. The zero-order valence-electron chi connectivity index (χ0n) is 21.3. The topological polar surface area (TPSA) is 95.6 Å². The summed E-state index contributed by atoms with van der Waals surface area (Å²) < 4.78 is 24.2. The number of oxazole rings is 1. The van der Waals surface area contributed by atoms with Crippen molar-refractivity contribution in [2.24, 2.45) is 7.05 Å². The molecule has 192 valence electrons. The fourth-order valence-corrected chi connectivity index (χ4v) is 5.27. The summed E-state index contributed by atoms with van der Waals surface area (Å²) in [5.74, 6) is -0.352. The van der Waals surface area contributed by atoms with E-state index in [9.17, 15) is 10.1 Å². The lowest BCUT2D eigenvalue weighted by Crippen LogP contribution is -2.42. The van der Waals surface area contributed by atoms with Gasteiger partial charge in [0.25, 0.3) is 0 Å². The first-order chi connectivity index (χ1) is 18.4. The number of hydrogen-bond acceptors (Lipinski definition) is 7. The standard InChI is InChI=1S/C28H26FN7O2/c1-33(2)19-8-11-35(12-9-19)27-26-31-10-13-36(26)25(24(32-27)18-6-4-17(16-30)5-7-18)20-14-23-22(15-21(20)29)34(3)28(37)38-23/h4-7,10,13-15,19H,8-9,11-12H2,1-3H3. The van der Waals surface area contributed by atoms with Gasteiger partial charge in [0, 0.05) is 55.8 Å². The Morgan fingerprint density at radius 2 is 1.89 bits per heavy atom. The van der Waals surface area contributed by atoms with Crippen molar-refractivity contribution in [2.45, 2.75) is 18.9 Å². The average molecular weight is 512 g/mol. The van der Waals surface area contributed by atoms with Crippen LogP contribution in [-0.4, -0.2) is 57.1 Å². The van der Waals surface area contributed by atoms with Crippen LogP contribution in [-0.2, 0) is 7.05 Å². The number of halogens is 1. The van der Waals surface area contributed by atoms with Gasteiger partial charge in [0.2, 0.25) is 0 Å². The Labute approximate surface area is 218 Å². The van der Waals surface area contributed by atoms with Crippen LogP contribution in [0.25, 0.3) is 39.3 Å². The van der Waals surface area contributed by atoms with Crippen LogP contribution in [0.15, 0.2) is 58.0 Å². The highest BCUT2D eigenvalue weighted by Crippen LogP contribution is 2.38. The van der Waals surface area contributed by atoms with Gasteiger partial charge >= 0.3 is 5.76 Å². The number of fused-ring (bicyclic) bond motifs is 2. The fraction of sp³-hybridized carbons (Fsp3) is 0.286. The predicted molar refractivity (Wildman–Crippen MR) is 142 cm³/mol. The van der Waals surface area contributed by atoms with Gasteiger partial charge in [0.1, 0.15) is 5.82 Å². The van der Waals surface area contributed by atoms with E-state index in [1.165, 1.54) is 16.7 Å². The van der Waals surface area contributed by atoms with Gasteiger partial charge in [0.15, 0.2) is 17.0 Å². The highest BCUT2D eigenvalue weighted by atomic mass is 19.1. The van der Waals surface area contributed by atoms with Gasteiger partial charge in [0.05, 0.1) is 28.5 Å². The molecule has 3 aromatic heterocycles. The second-order valence-corrected chi connectivity index (χ2v) is 9.85. The average Bonchev–Trinajstić information content (AvgIpc) is 3.52. The van der Waals surface area contributed by atoms with Gasteiger partial charge in [-0.1, -0.05) is 12.1 Å². The number of piperidine rings is 1. The van der Waals surface area contributed by atoms with E-state index in [0.717, 1.165) is 37.3 Å². The molecule has 9 nitrogen and oxygen atoms in total. The van der Waals surface area contributed by atoms with E-state index in [1.54, 1.807) is 31.6 Å². The molecule has 1 aliphatic rings. The molecule has 0 saturated carbocycles. The van der Waals surface area contributed by atoms with Crippen molar-refractivity contribution in [1.29, 1.82) is 5.26 Å². The fourth-order valence-electron chi connectivity index (χ4n) is 5.27. The molecule has 6 rings (SSSR count). The molecule has 0 amide bonds. The summed E-state index contributed by atoms with van der Waals surface area (Å²) >= 11 is 0. The third-order valence-electron chi connectivity index (χ3n) is 7.44. The van der Waals surface area contributed by atoms with Crippen LogP contribution in [0.2, 0.25) is 0 Å². The molecule has 0 atom stereocenters. The zero-order valence-corrected chi connectivity index (χ0v) is 21.3. The Bertz CT molecular complexity index is 1770. The maximum absolute atomic E-state index is 15.7. The van der Waals surface area contributed by atoms with Crippen molar-refractivity contribution in [3.8, 4) is 28.6 Å². The van der Waals surface area contributed by atoms with Crippen LogP contribution in [0.3, 0.4) is 0 Å². The summed E-state index contributed by atoms with van der Waals surface area (Å²) in [6.45, 7) is 1.64. The third kappa shape index (κ3) is 3.83. The molecule has 10 heteroatoms. The van der Waals surface area contributed by atoms with Crippen LogP contribution >= 0.6 is 0 Å². The van der Waals surface area contributed by atoms with E-state index >= 15 is 4.39 Å². The van der Waals surface area contributed by atoms with E-state index in [2.05, 4.69) is 34.9 Å². The van der Waals surface area contributed by atoms with Crippen LogP contribution in [0.1, 0.15) is 18.4 Å². The summed E-state index contributed by atoms with van der Waals surface area (Å²) in [7, 11) is 5.74. The molecule has 38 heavy (non-hydrogen) atoms. The van der Waals surface area contributed by atoms with Gasteiger partial charge in [-0.15, -0.1) is 0 Å². The minimum absolute atomic E-state index is 0.236. The Balaban J connectivity index is 1.60. The largest absolute Gasteiger partial charge is 0.419 e. The molecular weight excluding hydrogens is 485 g/mol. The molecular formula is C28H26FN7O2. The highest BCUT2D eigenvalue weighted by molar-refractivity contribution is 5.88. The zero-order chi connectivity index (χ0) is 26.6. The Kier molecular flexibility index (Phi) is 5.73. The second kappa shape index (κ2) is 9.11. The molecule has 0 N–H and O–H groups in total. The summed E-state index contributed by atoms with van der Waals surface area (Å²) in [5, 5.41) is 9.31. The number of hydrogen-bond donors (Lipinski definition) is 0. The van der Waals surface area contributed by atoms with Gasteiger partial charge < -0.3 is 14.2 Å². The van der Waals surface area contributed by atoms with Crippen LogP contribution in [0.4, 0.5) is 10.2 Å². The first-order valence-corrected chi connectivity index (χ1v) is 12.4. The molecule has 2 aromatic carbocycles. The molecule has 0 bridgehead atoms. The van der Waals surface area contributed by atoms with Gasteiger partial charge in [-0.05, 0) is 45.1 Å². The van der Waals surface area contributed by atoms with E-state index in [0.29, 0.717) is 34.2 Å². The van der Waals surface area contributed by atoms with Crippen LogP contribution in [0, 0.1) is 17.1 Å². The van der Waals surface area contributed by atoms with E-state index in [4.69, 9.17) is 9.40 Å². The first kappa shape index (κ1) is 23.9. The lowest BCUT2D eigenvalue weighted by atomic mass is 10.0. The monoisotopic (exact) mass is 511 g/mol. The summed E-state index contributed by atoms with van der Waals surface area (Å²) in [4.78, 5) is 26.3. The Morgan fingerprint density at radius 3 is 2.58 bits per heavy atom. The number of aromatic nitrogens is 4. The normalized spacial score (nSPS) is 14.6. The number of aryl methyl sites for hydroxylation is 1. The highest BCUT2D eigenvalue weighted by Gasteiger charge is 2.27. The third-order valence-corrected chi connectivity index (χ3v) is 7.44. The van der Waals surface area contributed by atoms with Crippen molar-refractivity contribution >= 4 is 22.6 Å². The maximum Gasteiger partial charge on any atom is 0.419 e. The number of benzene rings is 2. The van der Waals surface area contributed by atoms with E-state index in [-0.39, 0.29) is 11.1 Å². The Morgan fingerprint density at radius 1 is 1.16 bits per heavy atom. The Hall–Kier alpha value is -4.49. The first-order valence-electron chi connectivity index (χ1n) is 12.4. The predicted octanol–water partition coefficient (Wildman–Crippen LogP) is 4.05. The van der Waals surface area contributed by atoms with Crippen molar-refractivity contribution < 1.29 is 8.81 Å². The molecule has 0 aliphatic carbocycles. The lowest BCUT2D eigenvalue weighted by molar-refractivity contribution is 0.249. The maximum atomic E-state index is 15.7. The molecule has 1 fully saturated rings. The van der Waals surface area contributed by atoms with Crippen molar-refractivity contribution in [3.05, 3.63) is 70.7 Å². The molecule has 1 saturated heterocycles. The van der Waals surface area contributed by atoms with E-state index < -0.39 is 11.6 Å². The minimum Gasteiger partial charge on any atom is -0.408 e.